The number of benzene rings is 1. The molecule has 5 nitrogen and oxygen atoms in total. The van der Waals surface area contributed by atoms with Gasteiger partial charge in [-0.2, -0.15) is 0 Å². The van der Waals surface area contributed by atoms with E-state index < -0.39 is 5.44 Å². The number of aryl methyl sites for hydroxylation is 1. The first-order valence-electron chi connectivity index (χ1n) is 7.94. The molecule has 2 heterocycles. The zero-order chi connectivity index (χ0) is 19.4. The van der Waals surface area contributed by atoms with Crippen molar-refractivity contribution in [3.05, 3.63) is 51.1 Å². The summed E-state index contributed by atoms with van der Waals surface area (Å²) in [6.45, 7) is 2.28. The second-order valence-corrected chi connectivity index (χ2v) is 7.88. The van der Waals surface area contributed by atoms with Gasteiger partial charge in [0.2, 0.25) is 5.44 Å². The number of thiazole rings is 1. The normalized spacial score (nSPS) is 11.8. The fourth-order valence-corrected chi connectivity index (χ4v) is 3.87. The number of pyridine rings is 1. The molecule has 0 aliphatic heterocycles. The van der Waals surface area contributed by atoms with Crippen molar-refractivity contribution < 1.29 is 9.53 Å². The highest BCUT2D eigenvalue weighted by atomic mass is 35.5. The first-order valence-corrected chi connectivity index (χ1v) is 10.5. The Hall–Kier alpha value is -2.27. The Bertz CT molecular complexity index is 1030. The van der Waals surface area contributed by atoms with Crippen LogP contribution in [0.2, 0.25) is 5.02 Å². The Labute approximate surface area is 170 Å². The van der Waals surface area contributed by atoms with E-state index in [4.69, 9.17) is 22.8 Å². The average molecular weight is 418 g/mol. The van der Waals surface area contributed by atoms with E-state index in [1.807, 2.05) is 12.3 Å². The highest BCUT2D eigenvalue weighted by Crippen LogP contribution is 2.29. The maximum Gasteiger partial charge on any atom is 0.272 e. The molecule has 0 aliphatic carbocycles. The van der Waals surface area contributed by atoms with Gasteiger partial charge in [0, 0.05) is 34.3 Å². The monoisotopic (exact) mass is 417 g/mol. The van der Waals surface area contributed by atoms with Gasteiger partial charge in [0.1, 0.15) is 10.8 Å². The van der Waals surface area contributed by atoms with E-state index in [0.717, 1.165) is 16.1 Å². The molecule has 1 unspecified atom stereocenters. The fourth-order valence-electron chi connectivity index (χ4n) is 2.39. The molecule has 0 bridgehead atoms. The minimum atomic E-state index is -0.719. The maximum absolute atomic E-state index is 12.5. The van der Waals surface area contributed by atoms with E-state index in [-0.39, 0.29) is 5.91 Å². The number of ether oxygens (including phenoxy) is 1. The lowest BCUT2D eigenvalue weighted by molar-refractivity contribution is -0.124. The Morgan fingerprint density at radius 3 is 2.96 bits per heavy atom. The molecular formula is C19H16ClN3O2S2. The number of halogens is 1. The number of thioether (sulfide) groups is 1. The molecule has 1 atom stereocenters. The second kappa shape index (κ2) is 8.61. The number of rotatable bonds is 6. The summed E-state index contributed by atoms with van der Waals surface area (Å²) in [4.78, 5) is 21.1. The molecule has 2 aromatic heterocycles. The summed E-state index contributed by atoms with van der Waals surface area (Å²) >= 11 is 9.10. The molecule has 0 radical (unpaired) electrons. The zero-order valence-corrected chi connectivity index (χ0v) is 17.0. The third-order valence-corrected chi connectivity index (χ3v) is 5.62. The largest absolute Gasteiger partial charge is 0.470 e. The number of carbonyl (C=O) groups excluding carboxylic acids is 1. The van der Waals surface area contributed by atoms with Crippen LogP contribution in [0.4, 0.5) is 0 Å². The van der Waals surface area contributed by atoms with Gasteiger partial charge in [-0.3, -0.25) is 9.78 Å². The van der Waals surface area contributed by atoms with Crippen molar-refractivity contribution in [1.82, 2.24) is 15.3 Å². The Kier molecular flexibility index (Phi) is 6.22. The molecule has 1 amide bonds. The van der Waals surface area contributed by atoms with Crippen molar-refractivity contribution in [2.75, 3.05) is 6.26 Å². The van der Waals surface area contributed by atoms with Crippen molar-refractivity contribution >= 4 is 51.5 Å². The van der Waals surface area contributed by atoms with Gasteiger partial charge in [0.15, 0.2) is 0 Å². The first-order chi connectivity index (χ1) is 13.0. The number of fused-ring (bicyclic) bond motifs is 1. The summed E-state index contributed by atoms with van der Waals surface area (Å²) in [7, 11) is 0. The van der Waals surface area contributed by atoms with Crippen LogP contribution in [0.3, 0.4) is 0 Å². The minimum absolute atomic E-state index is 0.234. The SMILES string of the molecule is C#Cc1cnc2c(Cl)cc(OC(SC)C(=O)NCc3nc(C)cs3)cc2c1. The van der Waals surface area contributed by atoms with Gasteiger partial charge in [-0.25, -0.2) is 4.98 Å². The van der Waals surface area contributed by atoms with Crippen molar-refractivity contribution in [1.29, 1.82) is 0 Å². The van der Waals surface area contributed by atoms with Crippen LogP contribution in [-0.4, -0.2) is 27.6 Å². The van der Waals surface area contributed by atoms with E-state index >= 15 is 0 Å². The topological polar surface area (TPSA) is 64.1 Å². The van der Waals surface area contributed by atoms with E-state index in [1.54, 1.807) is 30.7 Å². The molecular weight excluding hydrogens is 402 g/mol. The predicted molar refractivity (Wildman–Crippen MR) is 111 cm³/mol. The van der Waals surface area contributed by atoms with Gasteiger partial charge in [-0.15, -0.1) is 29.5 Å². The molecule has 0 saturated heterocycles. The average Bonchev–Trinajstić information content (AvgIpc) is 3.09. The van der Waals surface area contributed by atoms with Crippen LogP contribution < -0.4 is 10.1 Å². The number of nitrogens with one attached hydrogen (secondary N) is 1. The lowest BCUT2D eigenvalue weighted by Crippen LogP contribution is -2.35. The lowest BCUT2D eigenvalue weighted by atomic mass is 10.1. The summed E-state index contributed by atoms with van der Waals surface area (Å²) in [6.07, 6.45) is 8.82. The van der Waals surface area contributed by atoms with Gasteiger partial charge in [0.05, 0.1) is 17.1 Å². The number of hydrogen-bond donors (Lipinski definition) is 1. The molecule has 27 heavy (non-hydrogen) atoms. The van der Waals surface area contributed by atoms with Gasteiger partial charge in [0.25, 0.3) is 5.91 Å². The van der Waals surface area contributed by atoms with Crippen LogP contribution in [0.5, 0.6) is 5.75 Å². The van der Waals surface area contributed by atoms with E-state index in [9.17, 15) is 4.79 Å². The minimum Gasteiger partial charge on any atom is -0.470 e. The van der Waals surface area contributed by atoms with Crippen LogP contribution in [-0.2, 0) is 11.3 Å². The Balaban J connectivity index is 1.75. The second-order valence-electron chi connectivity index (χ2n) is 5.63. The summed E-state index contributed by atoms with van der Waals surface area (Å²) in [5, 5.41) is 6.83. The highest BCUT2D eigenvalue weighted by Gasteiger charge is 2.20. The molecule has 0 spiro atoms. The van der Waals surface area contributed by atoms with Crippen molar-refractivity contribution in [2.24, 2.45) is 0 Å². The van der Waals surface area contributed by atoms with Crippen molar-refractivity contribution in [3.63, 3.8) is 0 Å². The van der Waals surface area contributed by atoms with Gasteiger partial charge >= 0.3 is 0 Å². The quantitative estimate of drug-likeness (QED) is 0.484. The maximum atomic E-state index is 12.5. The summed E-state index contributed by atoms with van der Waals surface area (Å²) < 4.78 is 5.85. The third kappa shape index (κ3) is 4.72. The highest BCUT2D eigenvalue weighted by molar-refractivity contribution is 7.99. The molecule has 3 aromatic rings. The number of hydrogen-bond acceptors (Lipinski definition) is 6. The number of aromatic nitrogens is 2. The molecule has 0 fully saturated rings. The van der Waals surface area contributed by atoms with Crippen LogP contribution >= 0.6 is 34.7 Å². The van der Waals surface area contributed by atoms with Gasteiger partial charge < -0.3 is 10.1 Å². The third-order valence-electron chi connectivity index (χ3n) is 3.63. The van der Waals surface area contributed by atoms with Crippen LogP contribution in [0.15, 0.2) is 29.8 Å². The molecule has 0 aliphatic rings. The number of carbonyl (C=O) groups is 1. The van der Waals surface area contributed by atoms with E-state index in [0.29, 0.717) is 28.4 Å². The lowest BCUT2D eigenvalue weighted by Gasteiger charge is -2.17. The first kappa shape index (κ1) is 19.5. The molecule has 0 saturated carbocycles. The predicted octanol–water partition coefficient (Wildman–Crippen LogP) is 4.02. The van der Waals surface area contributed by atoms with Crippen LogP contribution in [0.25, 0.3) is 10.9 Å². The van der Waals surface area contributed by atoms with Gasteiger partial charge in [-0.05, 0) is 25.3 Å². The Morgan fingerprint density at radius 1 is 1.48 bits per heavy atom. The van der Waals surface area contributed by atoms with Crippen molar-refractivity contribution in [3.8, 4) is 18.1 Å². The molecule has 138 valence electrons. The Morgan fingerprint density at radius 2 is 2.30 bits per heavy atom. The van der Waals surface area contributed by atoms with Crippen molar-refractivity contribution in [2.45, 2.75) is 18.9 Å². The van der Waals surface area contributed by atoms with Gasteiger partial charge in [-0.1, -0.05) is 17.5 Å². The summed E-state index contributed by atoms with van der Waals surface area (Å²) in [5.41, 5.74) is 1.50. The smallest absolute Gasteiger partial charge is 0.272 e. The fraction of sp³-hybridized carbons (Fsp3) is 0.211. The standard InChI is InChI=1S/C19H16ClN3O2S2/c1-4-12-5-13-6-14(7-15(20)17(13)21-8-12)25-19(26-3)18(24)22-9-16-23-11(2)10-27-16/h1,5-8,10,19H,9H2,2-3H3,(H,22,24). The number of terminal acetylenes is 1. The summed E-state index contributed by atoms with van der Waals surface area (Å²) in [5.74, 6) is 2.78. The zero-order valence-electron chi connectivity index (χ0n) is 14.7. The molecule has 1 N–H and O–H groups in total. The van der Waals surface area contributed by atoms with E-state index in [1.165, 1.54) is 23.1 Å². The van der Waals surface area contributed by atoms with Crippen LogP contribution in [0, 0.1) is 19.3 Å². The molecule has 1 aromatic carbocycles. The number of amides is 1. The molecule has 3 rings (SSSR count). The summed E-state index contributed by atoms with van der Waals surface area (Å²) in [6, 6.07) is 5.23. The molecule has 8 heteroatoms. The van der Waals surface area contributed by atoms with Crippen LogP contribution in [0.1, 0.15) is 16.3 Å². The number of nitrogens with zero attached hydrogens (tertiary/aromatic N) is 2. The van der Waals surface area contributed by atoms with E-state index in [2.05, 4.69) is 21.2 Å².